The summed E-state index contributed by atoms with van der Waals surface area (Å²) in [4.78, 5) is 10.3. The Morgan fingerprint density at radius 2 is 2.11 bits per heavy atom. The Balaban J connectivity index is 0. The monoisotopic (exact) mass is 217 g/mol. The molecule has 0 atom stereocenters. The molecule has 0 rings (SSSR count). The van der Waals surface area contributed by atoms with Gasteiger partial charge in [0.05, 0.1) is 6.61 Å². The summed E-state index contributed by atoms with van der Waals surface area (Å²) in [5.74, 6) is 0. The third-order valence-corrected chi connectivity index (χ3v) is 0.758. The smallest absolute Gasteiger partial charge is 0.429 e. The van der Waals surface area contributed by atoms with Gasteiger partial charge in [0.15, 0.2) is 0 Å². The summed E-state index contributed by atoms with van der Waals surface area (Å²) in [6, 6.07) is 0. The molecule has 0 aromatic heterocycles. The minimum atomic E-state index is -0.556. The normalized spacial score (nSPS) is 7.44. The molecular formula is C3H7NO2S2Zn. The van der Waals surface area contributed by atoms with Crippen LogP contribution < -0.4 is 0 Å². The van der Waals surface area contributed by atoms with E-state index >= 15 is 0 Å². The fourth-order valence-corrected chi connectivity index (χ4v) is 0.297. The summed E-state index contributed by atoms with van der Waals surface area (Å²) >= 11 is 7.10. The Hall–Kier alpha value is 0.593. The fourth-order valence-electron chi connectivity index (χ4n) is 0.181. The number of hydrogen-bond acceptors (Lipinski definition) is 4. The molecule has 0 aliphatic carbocycles. The van der Waals surface area contributed by atoms with Gasteiger partial charge in [-0.15, -0.1) is 0 Å². The third-order valence-electron chi connectivity index (χ3n) is 0.431. The Labute approximate surface area is 78.0 Å². The number of nitrogens with zero attached hydrogens (tertiary/aromatic N) is 1. The van der Waals surface area contributed by atoms with Crippen molar-refractivity contribution in [3.63, 3.8) is 0 Å². The Morgan fingerprint density at radius 3 is 2.22 bits per heavy atom. The summed E-state index contributed by atoms with van der Waals surface area (Å²) < 4.78 is 5.22. The molecule has 0 saturated heterocycles. The molecule has 0 heterocycles. The topological polar surface area (TPSA) is 29.5 Å². The molecule has 0 aromatic rings. The van der Waals surface area contributed by atoms with Crippen molar-refractivity contribution < 1.29 is 29.0 Å². The minimum Gasteiger partial charge on any atom is -0.448 e. The largest absolute Gasteiger partial charge is 0.448 e. The molecule has 6 heteroatoms. The van der Waals surface area contributed by atoms with Crippen molar-refractivity contribution in [3.8, 4) is 0 Å². The second kappa shape index (κ2) is 6.71. The van der Waals surface area contributed by atoms with E-state index in [2.05, 4.69) is 30.4 Å². The van der Waals surface area contributed by atoms with Gasteiger partial charge >= 0.3 is 6.09 Å². The van der Waals surface area contributed by atoms with E-state index in [1.807, 2.05) is 0 Å². The van der Waals surface area contributed by atoms with Crippen LogP contribution in [0.4, 0.5) is 4.79 Å². The van der Waals surface area contributed by atoms with E-state index in [4.69, 9.17) is 0 Å². The van der Waals surface area contributed by atoms with Gasteiger partial charge in [-0.05, 0) is 32.6 Å². The van der Waals surface area contributed by atoms with Gasteiger partial charge < -0.3 is 4.74 Å². The Morgan fingerprint density at radius 1 is 1.67 bits per heavy atom. The van der Waals surface area contributed by atoms with Crippen molar-refractivity contribution >= 4 is 31.7 Å². The van der Waals surface area contributed by atoms with E-state index in [9.17, 15) is 4.79 Å². The quantitative estimate of drug-likeness (QED) is 0.511. The number of amides is 1. The molecule has 0 unspecified atom stereocenters. The molecule has 1 amide bonds. The molecule has 3 nitrogen and oxygen atoms in total. The van der Waals surface area contributed by atoms with E-state index < -0.39 is 6.09 Å². The number of carbonyl (C=O) groups is 1. The van der Waals surface area contributed by atoms with Crippen molar-refractivity contribution in [1.82, 2.24) is 3.71 Å². The first kappa shape index (κ1) is 12.3. The molecule has 0 saturated carbocycles. The number of hydrogen-bond donors (Lipinski definition) is 2. The molecule has 9 heavy (non-hydrogen) atoms. The van der Waals surface area contributed by atoms with Gasteiger partial charge in [0.1, 0.15) is 0 Å². The number of thiol groups is 2. The standard InChI is InChI=1S/C3H7NO2S2.Zn/c1-2-6-3(5)4(7)8;/h7-8H,2H2,1H3;. The zero-order chi connectivity index (χ0) is 6.57. The number of ether oxygens (including phenoxy) is 1. The van der Waals surface area contributed by atoms with E-state index in [0.717, 1.165) is 3.71 Å². The summed E-state index contributed by atoms with van der Waals surface area (Å²) in [5.41, 5.74) is 0. The van der Waals surface area contributed by atoms with E-state index in [1.165, 1.54) is 0 Å². The van der Waals surface area contributed by atoms with Gasteiger partial charge in [0.2, 0.25) is 0 Å². The van der Waals surface area contributed by atoms with Crippen molar-refractivity contribution in [1.29, 1.82) is 0 Å². The molecule has 0 N–H and O–H groups in total. The molecule has 0 radical (unpaired) electrons. The Kier molecular flexibility index (Phi) is 9.16. The van der Waals surface area contributed by atoms with Crippen LogP contribution in [0.15, 0.2) is 0 Å². The van der Waals surface area contributed by atoms with Gasteiger partial charge in [-0.25, -0.2) is 4.79 Å². The third kappa shape index (κ3) is 6.48. The van der Waals surface area contributed by atoms with Crippen LogP contribution in [0.3, 0.4) is 0 Å². The van der Waals surface area contributed by atoms with Crippen LogP contribution in [0.1, 0.15) is 6.92 Å². The number of carbonyl (C=O) groups excluding carboxylic acids is 1. The van der Waals surface area contributed by atoms with Crippen LogP contribution in [-0.2, 0) is 24.2 Å². The molecule has 0 spiro atoms. The zero-order valence-electron chi connectivity index (χ0n) is 5.07. The second-order valence-corrected chi connectivity index (χ2v) is 2.10. The molecule has 50 valence electrons. The van der Waals surface area contributed by atoms with Crippen LogP contribution in [0.2, 0.25) is 0 Å². The maximum atomic E-state index is 10.3. The van der Waals surface area contributed by atoms with Crippen LogP contribution in [0, 0.1) is 0 Å². The molecule has 0 aromatic carbocycles. The Bertz CT molecular complexity index is 89.9. The van der Waals surface area contributed by atoms with Crippen LogP contribution in [-0.4, -0.2) is 16.4 Å². The first-order valence-corrected chi connectivity index (χ1v) is 2.83. The van der Waals surface area contributed by atoms with Crippen molar-refractivity contribution in [3.05, 3.63) is 0 Å². The first-order chi connectivity index (χ1) is 3.68. The second-order valence-electron chi connectivity index (χ2n) is 0.988. The molecule has 0 aliphatic rings. The SMILES string of the molecule is CCOC(=O)N(S)S.[Zn]. The molecular weight excluding hydrogens is 212 g/mol. The maximum Gasteiger partial charge on any atom is 0.429 e. The van der Waals surface area contributed by atoms with Gasteiger partial charge in [-0.1, -0.05) is 0 Å². The average Bonchev–Trinajstić information content (AvgIpc) is 1.67. The van der Waals surface area contributed by atoms with Crippen LogP contribution >= 0.6 is 25.6 Å². The van der Waals surface area contributed by atoms with Gasteiger partial charge in [0, 0.05) is 19.5 Å². The van der Waals surface area contributed by atoms with Gasteiger partial charge in [-0.2, -0.15) is 3.71 Å². The van der Waals surface area contributed by atoms with Crippen LogP contribution in [0.5, 0.6) is 0 Å². The summed E-state index contributed by atoms with van der Waals surface area (Å²) in [7, 11) is 0. The molecule has 0 aliphatic heterocycles. The van der Waals surface area contributed by atoms with Crippen molar-refractivity contribution in [2.45, 2.75) is 6.92 Å². The first-order valence-electron chi connectivity index (χ1n) is 2.03. The summed E-state index contributed by atoms with van der Waals surface area (Å²) in [6.45, 7) is 2.05. The predicted octanol–water partition coefficient (Wildman–Crippen LogP) is 1.13. The molecule has 0 fully saturated rings. The summed E-state index contributed by atoms with van der Waals surface area (Å²) in [6.07, 6.45) is -0.556. The van der Waals surface area contributed by atoms with E-state index in [-0.39, 0.29) is 19.5 Å². The van der Waals surface area contributed by atoms with Crippen molar-refractivity contribution in [2.24, 2.45) is 0 Å². The predicted molar refractivity (Wildman–Crippen MR) is 36.8 cm³/mol. The van der Waals surface area contributed by atoms with E-state index in [0.29, 0.717) is 6.61 Å². The average molecular weight is 219 g/mol. The van der Waals surface area contributed by atoms with Gasteiger partial charge in [-0.3, -0.25) is 0 Å². The van der Waals surface area contributed by atoms with E-state index in [1.54, 1.807) is 6.92 Å². The maximum absolute atomic E-state index is 10.3. The van der Waals surface area contributed by atoms with Crippen LogP contribution in [0.25, 0.3) is 0 Å². The zero-order valence-corrected chi connectivity index (χ0v) is 9.83. The van der Waals surface area contributed by atoms with Crippen molar-refractivity contribution in [2.75, 3.05) is 6.61 Å². The minimum absolute atomic E-state index is 0. The number of rotatable bonds is 1. The van der Waals surface area contributed by atoms with Gasteiger partial charge in [0.25, 0.3) is 0 Å². The molecule has 0 bridgehead atoms. The fraction of sp³-hybridized carbons (Fsp3) is 0.667. The summed E-state index contributed by atoms with van der Waals surface area (Å²) in [5, 5.41) is 0.